The maximum absolute atomic E-state index is 12.0. The zero-order valence-corrected chi connectivity index (χ0v) is 12.8. The van der Waals surface area contributed by atoms with Crippen LogP contribution in [0.1, 0.15) is 30.6 Å². The molecule has 1 N–H and O–H groups in total. The number of hydrogen-bond acceptors (Lipinski definition) is 5. The van der Waals surface area contributed by atoms with E-state index >= 15 is 0 Å². The number of ether oxygens (including phenoxy) is 3. The van der Waals surface area contributed by atoms with Gasteiger partial charge in [0.05, 0.1) is 14.2 Å². The van der Waals surface area contributed by atoms with Crippen molar-refractivity contribution in [1.82, 2.24) is 5.32 Å². The van der Waals surface area contributed by atoms with E-state index in [0.29, 0.717) is 11.5 Å². The molecule has 0 aliphatic carbocycles. The summed E-state index contributed by atoms with van der Waals surface area (Å²) in [6, 6.07) is 4.78. The van der Waals surface area contributed by atoms with Crippen molar-refractivity contribution >= 4 is 11.9 Å². The number of rotatable bonds is 7. The molecule has 1 aromatic carbocycles. The van der Waals surface area contributed by atoms with Gasteiger partial charge >= 0.3 is 5.97 Å². The third-order valence-electron chi connectivity index (χ3n) is 2.98. The average molecular weight is 295 g/mol. The van der Waals surface area contributed by atoms with Gasteiger partial charge in [-0.15, -0.1) is 0 Å². The van der Waals surface area contributed by atoms with Gasteiger partial charge in [-0.05, 0) is 25.5 Å². The highest BCUT2D eigenvalue weighted by Gasteiger charge is 2.16. The van der Waals surface area contributed by atoms with Crippen LogP contribution in [0.15, 0.2) is 18.2 Å². The third kappa shape index (κ3) is 4.98. The van der Waals surface area contributed by atoms with Gasteiger partial charge in [0.15, 0.2) is 6.61 Å². The van der Waals surface area contributed by atoms with E-state index in [2.05, 4.69) is 5.32 Å². The molecule has 0 saturated heterocycles. The summed E-state index contributed by atoms with van der Waals surface area (Å²) < 4.78 is 15.1. The Morgan fingerprint density at radius 2 is 1.95 bits per heavy atom. The number of esters is 1. The van der Waals surface area contributed by atoms with E-state index in [1.54, 1.807) is 12.1 Å². The van der Waals surface area contributed by atoms with Crippen LogP contribution < -0.4 is 14.8 Å². The first-order valence-electron chi connectivity index (χ1n) is 6.70. The normalized spacial score (nSPS) is 11.4. The van der Waals surface area contributed by atoms with Crippen LogP contribution in [0.3, 0.4) is 0 Å². The van der Waals surface area contributed by atoms with Crippen molar-refractivity contribution in [3.8, 4) is 11.5 Å². The second-order valence-electron chi connectivity index (χ2n) is 4.52. The lowest BCUT2D eigenvalue weighted by Gasteiger charge is -2.12. The molecular weight excluding hydrogens is 274 g/mol. The molecule has 1 aromatic rings. The number of amides is 1. The molecule has 0 bridgehead atoms. The van der Waals surface area contributed by atoms with E-state index in [9.17, 15) is 9.59 Å². The zero-order chi connectivity index (χ0) is 15.8. The number of hydrogen-bond donors (Lipinski definition) is 1. The maximum atomic E-state index is 12.0. The molecule has 0 spiro atoms. The van der Waals surface area contributed by atoms with Crippen molar-refractivity contribution in [1.29, 1.82) is 0 Å². The van der Waals surface area contributed by atoms with Crippen molar-refractivity contribution in [3.63, 3.8) is 0 Å². The van der Waals surface area contributed by atoms with Crippen molar-refractivity contribution in [2.24, 2.45) is 0 Å². The van der Waals surface area contributed by atoms with Gasteiger partial charge in [0.2, 0.25) is 0 Å². The summed E-state index contributed by atoms with van der Waals surface area (Å²) in [5, 5.41) is 2.72. The van der Waals surface area contributed by atoms with E-state index in [4.69, 9.17) is 14.2 Å². The van der Waals surface area contributed by atoms with Gasteiger partial charge in [0.25, 0.3) is 5.91 Å². The quantitative estimate of drug-likeness (QED) is 0.776. The molecule has 6 heteroatoms. The molecule has 0 fully saturated rings. The number of nitrogens with one attached hydrogen (secondary N) is 1. The first-order valence-corrected chi connectivity index (χ1v) is 6.70. The summed E-state index contributed by atoms with van der Waals surface area (Å²) in [6.07, 6.45) is 0.811. The van der Waals surface area contributed by atoms with E-state index in [1.807, 2.05) is 13.8 Å². The minimum absolute atomic E-state index is 0.0479. The minimum Gasteiger partial charge on any atom is -0.497 e. The monoisotopic (exact) mass is 295 g/mol. The van der Waals surface area contributed by atoms with Gasteiger partial charge in [-0.25, -0.2) is 4.79 Å². The number of benzene rings is 1. The predicted molar refractivity (Wildman–Crippen MR) is 77.7 cm³/mol. The molecule has 0 heterocycles. The Morgan fingerprint density at radius 1 is 1.24 bits per heavy atom. The maximum Gasteiger partial charge on any atom is 0.342 e. The van der Waals surface area contributed by atoms with Gasteiger partial charge < -0.3 is 19.5 Å². The van der Waals surface area contributed by atoms with E-state index in [-0.39, 0.29) is 24.1 Å². The summed E-state index contributed by atoms with van der Waals surface area (Å²) in [6.45, 7) is 3.52. The van der Waals surface area contributed by atoms with Crippen LogP contribution >= 0.6 is 0 Å². The van der Waals surface area contributed by atoms with Crippen LogP contribution in [-0.4, -0.2) is 38.7 Å². The summed E-state index contributed by atoms with van der Waals surface area (Å²) in [7, 11) is 2.97. The highest BCUT2D eigenvalue weighted by molar-refractivity contribution is 5.94. The van der Waals surface area contributed by atoms with Gasteiger partial charge in [0, 0.05) is 12.1 Å². The number of carbonyl (C=O) groups is 2. The summed E-state index contributed by atoms with van der Waals surface area (Å²) in [5.74, 6) is -0.0430. The molecule has 6 nitrogen and oxygen atoms in total. The lowest BCUT2D eigenvalue weighted by atomic mass is 10.2. The lowest BCUT2D eigenvalue weighted by Crippen LogP contribution is -2.35. The van der Waals surface area contributed by atoms with Crippen molar-refractivity contribution in [3.05, 3.63) is 23.8 Å². The van der Waals surface area contributed by atoms with Crippen LogP contribution in [0.4, 0.5) is 0 Å². The molecule has 0 aliphatic heterocycles. The summed E-state index contributed by atoms with van der Waals surface area (Å²) >= 11 is 0. The molecule has 0 aliphatic rings. The van der Waals surface area contributed by atoms with Crippen LogP contribution in [0.2, 0.25) is 0 Å². The Hall–Kier alpha value is -2.24. The van der Waals surface area contributed by atoms with Crippen molar-refractivity contribution < 1.29 is 23.8 Å². The predicted octanol–water partition coefficient (Wildman–Crippen LogP) is 1.78. The van der Waals surface area contributed by atoms with Crippen LogP contribution in [0.25, 0.3) is 0 Å². The van der Waals surface area contributed by atoms with E-state index < -0.39 is 5.97 Å². The van der Waals surface area contributed by atoms with Gasteiger partial charge in [-0.1, -0.05) is 6.92 Å². The molecule has 0 unspecified atom stereocenters. The SMILES string of the molecule is CC[C@H](C)NC(=O)COC(=O)c1ccc(OC)cc1OC. The fourth-order valence-corrected chi connectivity index (χ4v) is 1.59. The smallest absolute Gasteiger partial charge is 0.342 e. The molecule has 1 amide bonds. The van der Waals surface area contributed by atoms with Crippen molar-refractivity contribution in [2.75, 3.05) is 20.8 Å². The Morgan fingerprint density at radius 3 is 2.52 bits per heavy atom. The molecular formula is C15H21NO5. The fourth-order valence-electron chi connectivity index (χ4n) is 1.59. The minimum atomic E-state index is -0.617. The summed E-state index contributed by atoms with van der Waals surface area (Å²) in [5.41, 5.74) is 0.245. The molecule has 21 heavy (non-hydrogen) atoms. The Balaban J connectivity index is 2.65. The highest BCUT2D eigenvalue weighted by Crippen LogP contribution is 2.25. The Bertz CT molecular complexity index is 501. The van der Waals surface area contributed by atoms with E-state index in [0.717, 1.165) is 6.42 Å². The third-order valence-corrected chi connectivity index (χ3v) is 2.98. The number of carbonyl (C=O) groups excluding carboxylic acids is 2. The fraction of sp³-hybridized carbons (Fsp3) is 0.467. The molecule has 1 rings (SSSR count). The van der Waals surface area contributed by atoms with Gasteiger partial charge in [-0.2, -0.15) is 0 Å². The molecule has 0 aromatic heterocycles. The molecule has 0 radical (unpaired) electrons. The first-order chi connectivity index (χ1) is 10.0. The first kappa shape index (κ1) is 16.8. The second-order valence-corrected chi connectivity index (χ2v) is 4.52. The average Bonchev–Trinajstić information content (AvgIpc) is 2.51. The molecule has 116 valence electrons. The van der Waals surface area contributed by atoms with Crippen LogP contribution in [-0.2, 0) is 9.53 Å². The Labute approximate surface area is 124 Å². The van der Waals surface area contributed by atoms with Crippen LogP contribution in [0.5, 0.6) is 11.5 Å². The molecule has 0 saturated carbocycles. The largest absolute Gasteiger partial charge is 0.497 e. The van der Waals surface area contributed by atoms with Crippen molar-refractivity contribution in [2.45, 2.75) is 26.3 Å². The molecule has 1 atom stereocenters. The Kier molecular flexibility index (Phi) is 6.52. The van der Waals surface area contributed by atoms with Gasteiger partial charge in [0.1, 0.15) is 17.1 Å². The standard InChI is InChI=1S/C15H21NO5/c1-5-10(2)16-14(17)9-21-15(18)12-7-6-11(19-3)8-13(12)20-4/h6-8,10H,5,9H2,1-4H3,(H,16,17)/t10-/m0/s1. The lowest BCUT2D eigenvalue weighted by molar-refractivity contribution is -0.124. The van der Waals surface area contributed by atoms with Crippen LogP contribution in [0, 0.1) is 0 Å². The summed E-state index contributed by atoms with van der Waals surface area (Å²) in [4.78, 5) is 23.5. The van der Waals surface area contributed by atoms with Gasteiger partial charge in [-0.3, -0.25) is 4.79 Å². The highest BCUT2D eigenvalue weighted by atomic mass is 16.5. The zero-order valence-electron chi connectivity index (χ0n) is 12.8. The second kappa shape index (κ2) is 8.14. The number of methoxy groups -OCH3 is 2. The van der Waals surface area contributed by atoms with E-state index in [1.165, 1.54) is 20.3 Å². The topological polar surface area (TPSA) is 73.9 Å².